The maximum Gasteiger partial charge on any atom is 0.299 e. The third-order valence-corrected chi connectivity index (χ3v) is 6.95. The molecule has 176 valence electrons. The van der Waals surface area contributed by atoms with Crippen molar-refractivity contribution >= 4 is 10.1 Å². The maximum atomic E-state index is 13.9. The molecule has 29 heavy (non-hydrogen) atoms. The van der Waals surface area contributed by atoms with E-state index in [4.69, 9.17) is 4.18 Å². The molecule has 0 aliphatic rings. The Morgan fingerprint density at radius 2 is 0.931 bits per heavy atom. The minimum absolute atomic E-state index is 0.0640. The first-order valence-corrected chi connectivity index (χ1v) is 14.0. The lowest BCUT2D eigenvalue weighted by Crippen LogP contribution is -2.19. The zero-order chi connectivity index (χ0) is 21.6. The van der Waals surface area contributed by atoms with E-state index in [2.05, 4.69) is 13.8 Å². The highest BCUT2D eigenvalue weighted by Crippen LogP contribution is 2.17. The lowest BCUT2D eigenvalue weighted by molar-refractivity contribution is 0.270. The number of hydrogen-bond acceptors (Lipinski definition) is 3. The lowest BCUT2D eigenvalue weighted by atomic mass is 10.1. The van der Waals surface area contributed by atoms with Crippen molar-refractivity contribution < 1.29 is 17.0 Å². The van der Waals surface area contributed by atoms with E-state index in [-0.39, 0.29) is 13.0 Å². The van der Waals surface area contributed by atoms with E-state index in [1.807, 2.05) is 0 Å². The summed E-state index contributed by atoms with van der Waals surface area (Å²) in [6.07, 6.45) is 22.1. The Bertz CT molecular complexity index is 426. The molecule has 0 aliphatic carbocycles. The van der Waals surface area contributed by atoms with Crippen LogP contribution in [-0.2, 0) is 14.3 Å². The molecule has 0 aromatic rings. The molecular formula is C24H49FO3S. The average molecular weight is 437 g/mol. The summed E-state index contributed by atoms with van der Waals surface area (Å²) in [6.45, 7) is 4.54. The highest BCUT2D eigenvalue weighted by atomic mass is 32.2. The Morgan fingerprint density at radius 3 is 1.34 bits per heavy atom. The molecule has 0 spiro atoms. The molecule has 1 unspecified atom stereocenters. The van der Waals surface area contributed by atoms with Gasteiger partial charge in [-0.05, 0) is 19.3 Å². The van der Waals surface area contributed by atoms with Gasteiger partial charge in [0, 0.05) is 0 Å². The van der Waals surface area contributed by atoms with Crippen LogP contribution in [0, 0.1) is 0 Å². The molecule has 0 aliphatic heterocycles. The van der Waals surface area contributed by atoms with E-state index >= 15 is 0 Å². The van der Waals surface area contributed by atoms with Crippen molar-refractivity contribution in [1.29, 1.82) is 0 Å². The van der Waals surface area contributed by atoms with Crippen molar-refractivity contribution in [3.63, 3.8) is 0 Å². The van der Waals surface area contributed by atoms with Crippen molar-refractivity contribution in [1.82, 2.24) is 0 Å². The van der Waals surface area contributed by atoms with Gasteiger partial charge >= 0.3 is 0 Å². The first kappa shape index (κ1) is 28.8. The minimum atomic E-state index is -4.04. The van der Waals surface area contributed by atoms with Crippen molar-refractivity contribution in [2.75, 3.05) is 6.61 Å². The van der Waals surface area contributed by atoms with Gasteiger partial charge in [0.25, 0.3) is 10.1 Å². The van der Waals surface area contributed by atoms with Gasteiger partial charge in [-0.2, -0.15) is 8.42 Å². The van der Waals surface area contributed by atoms with Crippen LogP contribution in [0.1, 0.15) is 142 Å². The van der Waals surface area contributed by atoms with E-state index in [0.29, 0.717) is 12.8 Å². The molecule has 0 aromatic carbocycles. The molecule has 5 heteroatoms. The summed E-state index contributed by atoms with van der Waals surface area (Å²) in [5.74, 6) is 0. The predicted octanol–water partition coefficient (Wildman–Crippen LogP) is 8.47. The number of rotatable bonds is 23. The standard InChI is InChI=1S/C24H49FO3S/c1-3-5-7-9-11-12-13-14-15-17-19-21-23-28-29(26,27)24(25)22-20-18-16-10-8-6-4-2/h24H,3-23H2,1-2H3. The average Bonchev–Trinajstić information content (AvgIpc) is 2.70. The number of unbranched alkanes of at least 4 members (excludes halogenated alkanes) is 17. The van der Waals surface area contributed by atoms with Crippen LogP contribution in [0.15, 0.2) is 0 Å². The third-order valence-electron chi connectivity index (χ3n) is 5.59. The summed E-state index contributed by atoms with van der Waals surface area (Å²) in [5, 5.41) is 0. The van der Waals surface area contributed by atoms with Gasteiger partial charge in [0.15, 0.2) is 0 Å². The zero-order valence-corrected chi connectivity index (χ0v) is 20.3. The second kappa shape index (κ2) is 21.1. The van der Waals surface area contributed by atoms with E-state index in [1.165, 1.54) is 77.0 Å². The molecule has 0 bridgehead atoms. The van der Waals surface area contributed by atoms with Crippen LogP contribution < -0.4 is 0 Å². The van der Waals surface area contributed by atoms with Crippen LogP contribution in [-0.4, -0.2) is 20.5 Å². The normalized spacial score (nSPS) is 13.1. The van der Waals surface area contributed by atoms with E-state index in [0.717, 1.165) is 32.1 Å². The highest BCUT2D eigenvalue weighted by Gasteiger charge is 2.25. The van der Waals surface area contributed by atoms with Crippen molar-refractivity contribution in [3.05, 3.63) is 0 Å². The molecule has 0 amide bonds. The van der Waals surface area contributed by atoms with Gasteiger partial charge < -0.3 is 0 Å². The highest BCUT2D eigenvalue weighted by molar-refractivity contribution is 7.87. The van der Waals surface area contributed by atoms with Crippen molar-refractivity contribution in [2.45, 2.75) is 148 Å². The molecule has 1 atom stereocenters. The van der Waals surface area contributed by atoms with E-state index < -0.39 is 15.6 Å². The Labute approximate surface area is 181 Å². The fraction of sp³-hybridized carbons (Fsp3) is 1.00. The summed E-state index contributed by atoms with van der Waals surface area (Å²) < 4.78 is 42.5. The second-order valence-corrected chi connectivity index (χ2v) is 10.3. The van der Waals surface area contributed by atoms with Crippen molar-refractivity contribution in [2.24, 2.45) is 0 Å². The topological polar surface area (TPSA) is 43.4 Å². The molecule has 0 N–H and O–H groups in total. The summed E-state index contributed by atoms with van der Waals surface area (Å²) in [4.78, 5) is 0. The second-order valence-electron chi connectivity index (χ2n) is 8.52. The fourth-order valence-corrected chi connectivity index (χ4v) is 4.55. The van der Waals surface area contributed by atoms with Crippen LogP contribution in [0.4, 0.5) is 4.39 Å². The largest absolute Gasteiger partial charge is 0.299 e. The van der Waals surface area contributed by atoms with Gasteiger partial charge in [-0.25, -0.2) is 4.39 Å². The minimum Gasteiger partial charge on any atom is -0.268 e. The number of alkyl halides is 1. The Morgan fingerprint density at radius 1 is 0.586 bits per heavy atom. The smallest absolute Gasteiger partial charge is 0.268 e. The van der Waals surface area contributed by atoms with Crippen LogP contribution >= 0.6 is 0 Å². The van der Waals surface area contributed by atoms with Gasteiger partial charge in [0.1, 0.15) is 0 Å². The van der Waals surface area contributed by atoms with Gasteiger partial charge in [-0.15, -0.1) is 0 Å². The lowest BCUT2D eigenvalue weighted by Gasteiger charge is -2.10. The van der Waals surface area contributed by atoms with E-state index in [1.54, 1.807) is 0 Å². The van der Waals surface area contributed by atoms with Crippen LogP contribution in [0.3, 0.4) is 0 Å². The van der Waals surface area contributed by atoms with Crippen LogP contribution in [0.2, 0.25) is 0 Å². The summed E-state index contributed by atoms with van der Waals surface area (Å²) in [5.41, 5.74) is -1.87. The summed E-state index contributed by atoms with van der Waals surface area (Å²) in [7, 11) is -4.04. The predicted molar refractivity (Wildman–Crippen MR) is 123 cm³/mol. The molecule has 3 nitrogen and oxygen atoms in total. The molecular weight excluding hydrogens is 387 g/mol. The fourth-order valence-electron chi connectivity index (χ4n) is 3.60. The number of hydrogen-bond donors (Lipinski definition) is 0. The SMILES string of the molecule is CCCCCCCCCCCCCCOS(=O)(=O)C(F)CCCCCCCCC. The summed E-state index contributed by atoms with van der Waals surface area (Å²) in [6, 6.07) is 0. The van der Waals surface area contributed by atoms with Crippen molar-refractivity contribution in [3.8, 4) is 0 Å². The zero-order valence-electron chi connectivity index (χ0n) is 19.4. The Kier molecular flexibility index (Phi) is 21.0. The van der Waals surface area contributed by atoms with E-state index in [9.17, 15) is 12.8 Å². The first-order chi connectivity index (χ1) is 14.0. The summed E-state index contributed by atoms with van der Waals surface area (Å²) >= 11 is 0. The molecule has 0 aromatic heterocycles. The Hall–Kier alpha value is -0.160. The molecule has 0 fully saturated rings. The van der Waals surface area contributed by atoms with Gasteiger partial charge in [0.2, 0.25) is 5.50 Å². The monoisotopic (exact) mass is 436 g/mol. The van der Waals surface area contributed by atoms with Gasteiger partial charge in [-0.1, -0.05) is 123 Å². The molecule has 0 rings (SSSR count). The maximum absolute atomic E-state index is 13.9. The molecule has 0 saturated carbocycles. The van der Waals surface area contributed by atoms with Gasteiger partial charge in [0.05, 0.1) is 6.61 Å². The van der Waals surface area contributed by atoms with Crippen LogP contribution in [0.5, 0.6) is 0 Å². The van der Waals surface area contributed by atoms with Gasteiger partial charge in [-0.3, -0.25) is 4.18 Å². The molecule has 0 radical (unpaired) electrons. The third kappa shape index (κ3) is 19.5. The quantitative estimate of drug-likeness (QED) is 0.119. The molecule has 0 heterocycles. The Balaban J connectivity index is 3.48. The first-order valence-electron chi connectivity index (χ1n) is 12.6. The molecule has 0 saturated heterocycles. The number of halogens is 1. The van der Waals surface area contributed by atoms with Crippen LogP contribution in [0.25, 0.3) is 0 Å².